The Morgan fingerprint density at radius 1 is 1.26 bits per heavy atom. The van der Waals surface area contributed by atoms with Gasteiger partial charge >= 0.3 is 6.09 Å². The molecule has 0 saturated carbocycles. The highest BCUT2D eigenvalue weighted by Crippen LogP contribution is 2.25. The molecule has 1 amide bonds. The predicted octanol–water partition coefficient (Wildman–Crippen LogP) is 2.50. The lowest BCUT2D eigenvalue weighted by Crippen LogP contribution is -2.19. The minimum absolute atomic E-state index is 0.235. The molecule has 0 aliphatic rings. The van der Waals surface area contributed by atoms with Gasteiger partial charge in [0.25, 0.3) is 0 Å². The van der Waals surface area contributed by atoms with Crippen molar-refractivity contribution in [2.45, 2.75) is 6.54 Å². The van der Waals surface area contributed by atoms with Crippen molar-refractivity contribution in [3.8, 4) is 11.4 Å². The number of nitrogens with one attached hydrogen (secondary N) is 2. The molecule has 0 saturated heterocycles. The van der Waals surface area contributed by atoms with E-state index in [1.54, 1.807) is 19.4 Å². The molecule has 0 unspecified atom stereocenters. The molecule has 23 heavy (non-hydrogen) atoms. The number of amides is 1. The lowest BCUT2D eigenvalue weighted by Gasteiger charge is -2.10. The van der Waals surface area contributed by atoms with E-state index in [0.29, 0.717) is 11.6 Å². The van der Waals surface area contributed by atoms with Crippen molar-refractivity contribution in [2.24, 2.45) is 0 Å². The number of benzene rings is 1. The minimum Gasteiger partial charge on any atom is -0.465 e. The first-order valence-corrected chi connectivity index (χ1v) is 7.03. The molecule has 7 heteroatoms. The maximum atomic E-state index is 10.6. The average Bonchev–Trinajstić information content (AvgIpc) is 2.59. The number of pyridine rings is 1. The number of hydrogen-bond donors (Lipinski definition) is 3. The fraction of sp³-hybridized carbons (Fsp3) is 0.125. The number of rotatable bonds is 4. The SMILES string of the molecule is CNc1nc(-c2cccnc2)nc2ccc(CNC(=O)O)cc12. The van der Waals surface area contributed by atoms with Gasteiger partial charge in [-0.15, -0.1) is 0 Å². The van der Waals surface area contributed by atoms with Gasteiger partial charge in [-0.1, -0.05) is 6.07 Å². The largest absolute Gasteiger partial charge is 0.465 e. The van der Waals surface area contributed by atoms with Crippen LogP contribution < -0.4 is 10.6 Å². The summed E-state index contributed by atoms with van der Waals surface area (Å²) in [4.78, 5) is 23.8. The van der Waals surface area contributed by atoms with Crippen LogP contribution in [0.5, 0.6) is 0 Å². The number of anilines is 1. The molecule has 3 rings (SSSR count). The molecule has 0 atom stereocenters. The highest BCUT2D eigenvalue weighted by atomic mass is 16.4. The fourth-order valence-electron chi connectivity index (χ4n) is 2.28. The molecule has 2 aromatic heterocycles. The lowest BCUT2D eigenvalue weighted by atomic mass is 10.1. The summed E-state index contributed by atoms with van der Waals surface area (Å²) in [5.41, 5.74) is 2.46. The van der Waals surface area contributed by atoms with Crippen LogP contribution >= 0.6 is 0 Å². The van der Waals surface area contributed by atoms with Crippen LogP contribution in [0.4, 0.5) is 10.6 Å². The molecule has 3 aromatic rings. The maximum absolute atomic E-state index is 10.6. The van der Waals surface area contributed by atoms with Gasteiger partial charge in [-0.2, -0.15) is 0 Å². The Balaban J connectivity index is 2.05. The second-order valence-corrected chi connectivity index (χ2v) is 4.90. The summed E-state index contributed by atoms with van der Waals surface area (Å²) < 4.78 is 0. The molecule has 116 valence electrons. The number of aromatic nitrogens is 3. The van der Waals surface area contributed by atoms with Gasteiger partial charge in [0.2, 0.25) is 0 Å². The van der Waals surface area contributed by atoms with Crippen LogP contribution in [0.2, 0.25) is 0 Å². The first kappa shape index (κ1) is 14.7. The van der Waals surface area contributed by atoms with E-state index in [2.05, 4.69) is 25.6 Å². The normalized spacial score (nSPS) is 10.5. The molecule has 0 bridgehead atoms. The van der Waals surface area contributed by atoms with Gasteiger partial charge in [0.05, 0.1) is 5.52 Å². The first-order chi connectivity index (χ1) is 11.2. The Bertz CT molecular complexity index is 852. The van der Waals surface area contributed by atoms with Gasteiger partial charge in [0.1, 0.15) is 5.82 Å². The van der Waals surface area contributed by atoms with Crippen LogP contribution in [0, 0.1) is 0 Å². The van der Waals surface area contributed by atoms with Crippen molar-refractivity contribution in [3.63, 3.8) is 0 Å². The Kier molecular flexibility index (Phi) is 4.01. The zero-order valence-electron chi connectivity index (χ0n) is 12.4. The molecule has 1 aromatic carbocycles. The molecule has 0 aliphatic carbocycles. The van der Waals surface area contributed by atoms with Crippen LogP contribution in [0.1, 0.15) is 5.56 Å². The van der Waals surface area contributed by atoms with Gasteiger partial charge in [0, 0.05) is 36.9 Å². The van der Waals surface area contributed by atoms with Gasteiger partial charge < -0.3 is 15.7 Å². The summed E-state index contributed by atoms with van der Waals surface area (Å²) in [6, 6.07) is 9.32. The summed E-state index contributed by atoms with van der Waals surface area (Å²) in [5.74, 6) is 1.28. The molecule has 0 radical (unpaired) electrons. The number of carboxylic acid groups (broad SMARTS) is 1. The Hall–Kier alpha value is -3.22. The third-order valence-electron chi connectivity index (χ3n) is 3.36. The van der Waals surface area contributed by atoms with E-state index in [-0.39, 0.29) is 6.54 Å². The summed E-state index contributed by atoms with van der Waals surface area (Å²) in [6.07, 6.45) is 2.36. The van der Waals surface area contributed by atoms with E-state index in [0.717, 1.165) is 22.0 Å². The standard InChI is InChI=1S/C16H15N5O2/c1-17-15-12-7-10(8-19-16(22)23)4-5-13(12)20-14(21-15)11-3-2-6-18-9-11/h2-7,9,19H,8H2,1H3,(H,22,23)(H,17,20,21). The topological polar surface area (TPSA) is 100 Å². The van der Waals surface area contributed by atoms with Crippen LogP contribution in [0.3, 0.4) is 0 Å². The number of hydrogen-bond acceptors (Lipinski definition) is 5. The van der Waals surface area contributed by atoms with E-state index in [1.165, 1.54) is 0 Å². The lowest BCUT2D eigenvalue weighted by molar-refractivity contribution is 0.194. The van der Waals surface area contributed by atoms with Crippen LogP contribution in [0.25, 0.3) is 22.3 Å². The van der Waals surface area contributed by atoms with Crippen LogP contribution in [-0.2, 0) is 6.54 Å². The van der Waals surface area contributed by atoms with Crippen molar-refractivity contribution < 1.29 is 9.90 Å². The van der Waals surface area contributed by atoms with Crippen molar-refractivity contribution in [1.82, 2.24) is 20.3 Å². The fourth-order valence-corrected chi connectivity index (χ4v) is 2.28. The highest BCUT2D eigenvalue weighted by molar-refractivity contribution is 5.91. The van der Waals surface area contributed by atoms with E-state index in [1.807, 2.05) is 30.3 Å². The zero-order chi connectivity index (χ0) is 16.2. The molecule has 3 N–H and O–H groups in total. The summed E-state index contributed by atoms with van der Waals surface area (Å²) in [7, 11) is 1.79. The van der Waals surface area contributed by atoms with E-state index in [9.17, 15) is 4.79 Å². The Labute approximate surface area is 132 Å². The maximum Gasteiger partial charge on any atom is 0.404 e. The van der Waals surface area contributed by atoms with Crippen LogP contribution in [0.15, 0.2) is 42.7 Å². The summed E-state index contributed by atoms with van der Waals surface area (Å²) >= 11 is 0. The second-order valence-electron chi connectivity index (χ2n) is 4.90. The highest BCUT2D eigenvalue weighted by Gasteiger charge is 2.09. The second kappa shape index (κ2) is 6.27. The molecule has 0 aliphatic heterocycles. The zero-order valence-corrected chi connectivity index (χ0v) is 12.4. The number of nitrogens with zero attached hydrogens (tertiary/aromatic N) is 3. The smallest absolute Gasteiger partial charge is 0.404 e. The quantitative estimate of drug-likeness (QED) is 0.684. The average molecular weight is 309 g/mol. The van der Waals surface area contributed by atoms with E-state index in [4.69, 9.17) is 5.11 Å². The molecular weight excluding hydrogens is 294 g/mol. The Morgan fingerprint density at radius 2 is 2.13 bits per heavy atom. The Morgan fingerprint density at radius 3 is 2.83 bits per heavy atom. The van der Waals surface area contributed by atoms with E-state index >= 15 is 0 Å². The van der Waals surface area contributed by atoms with Gasteiger partial charge in [-0.3, -0.25) is 4.98 Å². The summed E-state index contributed by atoms with van der Waals surface area (Å²) in [6.45, 7) is 0.235. The minimum atomic E-state index is -1.05. The van der Waals surface area contributed by atoms with Gasteiger partial charge in [-0.05, 0) is 29.8 Å². The molecule has 0 spiro atoms. The molecular formula is C16H15N5O2. The van der Waals surface area contributed by atoms with Gasteiger partial charge in [0.15, 0.2) is 5.82 Å². The molecule has 2 heterocycles. The monoisotopic (exact) mass is 309 g/mol. The third-order valence-corrected chi connectivity index (χ3v) is 3.36. The van der Waals surface area contributed by atoms with Crippen LogP contribution in [-0.4, -0.2) is 33.2 Å². The third kappa shape index (κ3) is 3.18. The summed E-state index contributed by atoms with van der Waals surface area (Å²) in [5, 5.41) is 14.9. The number of fused-ring (bicyclic) bond motifs is 1. The molecule has 7 nitrogen and oxygen atoms in total. The van der Waals surface area contributed by atoms with Crippen molar-refractivity contribution >= 4 is 22.8 Å². The molecule has 0 fully saturated rings. The number of carbonyl (C=O) groups is 1. The van der Waals surface area contributed by atoms with Crippen molar-refractivity contribution in [3.05, 3.63) is 48.3 Å². The van der Waals surface area contributed by atoms with Crippen molar-refractivity contribution in [2.75, 3.05) is 12.4 Å². The van der Waals surface area contributed by atoms with E-state index < -0.39 is 6.09 Å². The predicted molar refractivity (Wildman–Crippen MR) is 87.2 cm³/mol. The first-order valence-electron chi connectivity index (χ1n) is 7.03. The van der Waals surface area contributed by atoms with Gasteiger partial charge in [-0.25, -0.2) is 14.8 Å². The van der Waals surface area contributed by atoms with Crippen molar-refractivity contribution in [1.29, 1.82) is 0 Å².